The van der Waals surface area contributed by atoms with Crippen LogP contribution in [0.2, 0.25) is 0 Å². The third-order valence-electron chi connectivity index (χ3n) is 4.07. The van der Waals surface area contributed by atoms with E-state index in [2.05, 4.69) is 10.2 Å². The predicted octanol–water partition coefficient (Wildman–Crippen LogP) is 2.48. The van der Waals surface area contributed by atoms with E-state index < -0.39 is 0 Å². The maximum Gasteiger partial charge on any atom is 0.228 e. The molecule has 0 spiro atoms. The molecule has 3 N–H and O–H groups in total. The first-order valence-corrected chi connectivity index (χ1v) is 8.21. The highest BCUT2D eigenvalue weighted by molar-refractivity contribution is 5.87. The molecule has 0 saturated carbocycles. The molecule has 5 heteroatoms. The second-order valence-corrected chi connectivity index (χ2v) is 5.84. The van der Waals surface area contributed by atoms with Gasteiger partial charge < -0.3 is 10.6 Å². The molecule has 124 valence electrons. The van der Waals surface area contributed by atoms with E-state index in [1.54, 1.807) is 0 Å². The van der Waals surface area contributed by atoms with Crippen LogP contribution >= 0.6 is 0 Å². The zero-order valence-corrected chi connectivity index (χ0v) is 13.6. The van der Waals surface area contributed by atoms with E-state index in [9.17, 15) is 4.79 Å². The van der Waals surface area contributed by atoms with E-state index in [4.69, 9.17) is 5.73 Å². The number of hydrogen-bond donors (Lipinski definition) is 2. The number of fused-ring (bicyclic) bond motifs is 1. The Morgan fingerprint density at radius 1 is 1.08 bits per heavy atom. The Morgan fingerprint density at radius 2 is 1.83 bits per heavy atom. The topological polar surface area (TPSA) is 75.0 Å². The third-order valence-corrected chi connectivity index (χ3v) is 4.07. The average Bonchev–Trinajstić information content (AvgIpc) is 3.02. The van der Waals surface area contributed by atoms with Crippen LogP contribution in [0.4, 0.5) is 0 Å². The molecule has 3 rings (SSSR count). The molecule has 2 aromatic carbocycles. The predicted molar refractivity (Wildman–Crippen MR) is 95.3 cm³/mol. The number of aromatic nitrogens is 2. The van der Waals surface area contributed by atoms with Gasteiger partial charge in [-0.05, 0) is 24.6 Å². The lowest BCUT2D eigenvalue weighted by molar-refractivity contribution is -0.131. The molecule has 1 heterocycles. The summed E-state index contributed by atoms with van der Waals surface area (Å²) in [5.41, 5.74) is 8.50. The van der Waals surface area contributed by atoms with Gasteiger partial charge in [0.1, 0.15) is 0 Å². The molecule has 1 aromatic heterocycles. The third kappa shape index (κ3) is 3.81. The number of carbonyl (C=O) groups excluding carboxylic acids is 1. The van der Waals surface area contributed by atoms with Gasteiger partial charge in [-0.25, -0.2) is 0 Å². The molecule has 0 unspecified atom stereocenters. The minimum absolute atomic E-state index is 0.0849. The minimum Gasteiger partial charge on any atom is -0.338 e. The lowest BCUT2D eigenvalue weighted by atomic mass is 10.1. The minimum atomic E-state index is 0.0849. The number of H-pyrrole nitrogens is 1. The maximum atomic E-state index is 12.8. The first kappa shape index (κ1) is 16.2. The van der Waals surface area contributed by atoms with Gasteiger partial charge in [-0.15, -0.1) is 0 Å². The molecule has 5 nitrogen and oxygen atoms in total. The highest BCUT2D eigenvalue weighted by Gasteiger charge is 2.16. The van der Waals surface area contributed by atoms with Crippen LogP contribution in [0.15, 0.2) is 54.6 Å². The van der Waals surface area contributed by atoms with E-state index in [0.717, 1.165) is 28.6 Å². The van der Waals surface area contributed by atoms with E-state index in [1.807, 2.05) is 59.5 Å². The smallest absolute Gasteiger partial charge is 0.228 e. The molecule has 0 saturated heterocycles. The molecule has 0 aliphatic carbocycles. The summed E-state index contributed by atoms with van der Waals surface area (Å²) >= 11 is 0. The number of carbonyl (C=O) groups is 1. The quantitative estimate of drug-likeness (QED) is 0.702. The van der Waals surface area contributed by atoms with Crippen molar-refractivity contribution in [2.75, 3.05) is 13.1 Å². The fraction of sp³-hybridized carbons (Fsp3) is 0.263. The number of hydrogen-bond acceptors (Lipinski definition) is 3. The van der Waals surface area contributed by atoms with Gasteiger partial charge in [-0.1, -0.05) is 48.5 Å². The summed E-state index contributed by atoms with van der Waals surface area (Å²) in [7, 11) is 0. The Balaban J connectivity index is 1.75. The van der Waals surface area contributed by atoms with Crippen molar-refractivity contribution in [3.05, 3.63) is 65.9 Å². The van der Waals surface area contributed by atoms with Gasteiger partial charge in [0.05, 0.1) is 17.6 Å². The van der Waals surface area contributed by atoms with Gasteiger partial charge in [0.25, 0.3) is 0 Å². The largest absolute Gasteiger partial charge is 0.338 e. The molecule has 3 aromatic rings. The van der Waals surface area contributed by atoms with Crippen molar-refractivity contribution in [1.82, 2.24) is 15.1 Å². The summed E-state index contributed by atoms with van der Waals surface area (Å²) in [6.45, 7) is 1.84. The Hall–Kier alpha value is -2.66. The fourth-order valence-electron chi connectivity index (χ4n) is 2.79. The lowest BCUT2D eigenvalue weighted by Crippen LogP contribution is -2.33. The summed E-state index contributed by atoms with van der Waals surface area (Å²) in [6.07, 6.45) is 1.11. The van der Waals surface area contributed by atoms with Crippen LogP contribution in [0.3, 0.4) is 0 Å². The molecule has 0 aliphatic heterocycles. The van der Waals surface area contributed by atoms with Crippen LogP contribution in [-0.4, -0.2) is 34.1 Å². The number of amides is 1. The summed E-state index contributed by atoms with van der Waals surface area (Å²) in [4.78, 5) is 14.7. The van der Waals surface area contributed by atoms with Crippen LogP contribution in [0.5, 0.6) is 0 Å². The van der Waals surface area contributed by atoms with E-state index in [0.29, 0.717) is 26.1 Å². The molecule has 24 heavy (non-hydrogen) atoms. The molecule has 1 amide bonds. The molecule has 0 atom stereocenters. The Bertz CT molecular complexity index is 797. The Labute approximate surface area is 141 Å². The first-order chi connectivity index (χ1) is 11.8. The standard InChI is InChI=1S/C19H22N4O/c20-11-6-12-23(14-15-7-2-1-3-8-15)19(24)13-18-16-9-4-5-10-17(16)21-22-18/h1-5,7-10H,6,11-14,20H2,(H,21,22). The van der Waals surface area contributed by atoms with E-state index in [1.165, 1.54) is 0 Å². The van der Waals surface area contributed by atoms with E-state index >= 15 is 0 Å². The van der Waals surface area contributed by atoms with Crippen LogP contribution in [0, 0.1) is 0 Å². The Kier molecular flexibility index (Phi) is 5.23. The Morgan fingerprint density at radius 3 is 2.62 bits per heavy atom. The molecule has 0 fully saturated rings. The maximum absolute atomic E-state index is 12.8. The summed E-state index contributed by atoms with van der Waals surface area (Å²) in [5.74, 6) is 0.0849. The fourth-order valence-corrected chi connectivity index (χ4v) is 2.79. The number of aromatic amines is 1. The first-order valence-electron chi connectivity index (χ1n) is 8.21. The van der Waals surface area contributed by atoms with Crippen molar-refractivity contribution >= 4 is 16.8 Å². The molecule has 0 radical (unpaired) electrons. The molecule has 0 bridgehead atoms. The van der Waals surface area contributed by atoms with Crippen LogP contribution in [0.1, 0.15) is 17.7 Å². The van der Waals surface area contributed by atoms with Gasteiger partial charge >= 0.3 is 0 Å². The molecular formula is C19H22N4O. The zero-order valence-electron chi connectivity index (χ0n) is 13.6. The zero-order chi connectivity index (χ0) is 16.8. The van der Waals surface area contributed by atoms with Crippen molar-refractivity contribution in [2.45, 2.75) is 19.4 Å². The summed E-state index contributed by atoms with van der Waals surface area (Å²) in [6, 6.07) is 17.9. The van der Waals surface area contributed by atoms with Gasteiger partial charge in [0.2, 0.25) is 5.91 Å². The number of nitrogens with two attached hydrogens (primary N) is 1. The van der Waals surface area contributed by atoms with Crippen LogP contribution in [0.25, 0.3) is 10.9 Å². The second kappa shape index (κ2) is 7.75. The van der Waals surface area contributed by atoms with Gasteiger partial charge in [-0.3, -0.25) is 9.89 Å². The van der Waals surface area contributed by atoms with Crippen molar-refractivity contribution in [1.29, 1.82) is 0 Å². The number of nitrogens with zero attached hydrogens (tertiary/aromatic N) is 2. The number of para-hydroxylation sites is 1. The van der Waals surface area contributed by atoms with Crippen LogP contribution < -0.4 is 5.73 Å². The second-order valence-electron chi connectivity index (χ2n) is 5.84. The number of nitrogens with one attached hydrogen (secondary N) is 1. The van der Waals surface area contributed by atoms with Gasteiger partial charge in [-0.2, -0.15) is 5.10 Å². The van der Waals surface area contributed by atoms with Crippen LogP contribution in [-0.2, 0) is 17.8 Å². The van der Waals surface area contributed by atoms with E-state index in [-0.39, 0.29) is 5.91 Å². The lowest BCUT2D eigenvalue weighted by Gasteiger charge is -2.22. The van der Waals surface area contributed by atoms with Crippen molar-refractivity contribution in [2.24, 2.45) is 5.73 Å². The molecule has 0 aliphatic rings. The molecular weight excluding hydrogens is 300 g/mol. The van der Waals surface area contributed by atoms with Crippen molar-refractivity contribution in [3.8, 4) is 0 Å². The summed E-state index contributed by atoms with van der Waals surface area (Å²) in [5, 5.41) is 8.26. The highest BCUT2D eigenvalue weighted by atomic mass is 16.2. The van der Waals surface area contributed by atoms with Crippen molar-refractivity contribution < 1.29 is 4.79 Å². The normalized spacial score (nSPS) is 10.9. The monoisotopic (exact) mass is 322 g/mol. The SMILES string of the molecule is NCCCN(Cc1ccccc1)C(=O)Cc1[nH]nc2ccccc12. The average molecular weight is 322 g/mol. The van der Waals surface area contributed by atoms with Gasteiger partial charge in [0.15, 0.2) is 0 Å². The summed E-state index contributed by atoms with van der Waals surface area (Å²) < 4.78 is 0. The van der Waals surface area contributed by atoms with Gasteiger partial charge in [0, 0.05) is 18.5 Å². The highest BCUT2D eigenvalue weighted by Crippen LogP contribution is 2.17. The van der Waals surface area contributed by atoms with Crippen molar-refractivity contribution in [3.63, 3.8) is 0 Å². The number of rotatable bonds is 7. The number of benzene rings is 2.